The summed E-state index contributed by atoms with van der Waals surface area (Å²) in [5, 5.41) is 29.7. The van der Waals surface area contributed by atoms with Gasteiger partial charge in [0, 0.05) is 17.2 Å². The van der Waals surface area contributed by atoms with Crippen LogP contribution in [0.3, 0.4) is 0 Å². The van der Waals surface area contributed by atoms with Gasteiger partial charge in [-0.15, -0.1) is 0 Å². The number of amides is 2. The van der Waals surface area contributed by atoms with Gasteiger partial charge in [-0.3, -0.25) is 24.6 Å². The van der Waals surface area contributed by atoms with Crippen molar-refractivity contribution in [3.05, 3.63) is 62.9 Å². The van der Waals surface area contributed by atoms with Crippen LogP contribution in [0.25, 0.3) is 17.4 Å². The molecule has 3 rings (SSSR count). The first-order valence-electron chi connectivity index (χ1n) is 9.05. The fourth-order valence-corrected chi connectivity index (χ4v) is 3.15. The molecule has 0 fully saturated rings. The molecule has 0 bridgehead atoms. The molecule has 10 heteroatoms. The first-order chi connectivity index (χ1) is 14.8. The number of hydrogen-bond acceptors (Lipinski definition) is 8. The van der Waals surface area contributed by atoms with E-state index in [1.54, 1.807) is 24.3 Å². The lowest BCUT2D eigenvalue weighted by Crippen LogP contribution is -2.44. The van der Waals surface area contributed by atoms with Crippen LogP contribution in [-0.4, -0.2) is 47.0 Å². The minimum Gasteiger partial charge on any atom is -0.490 e. The third kappa shape index (κ3) is 3.94. The topological polar surface area (TPSA) is 147 Å². The zero-order chi connectivity index (χ0) is 22.7. The lowest BCUT2D eigenvalue weighted by molar-refractivity contribution is -0.385. The number of furan rings is 1. The Hall–Kier alpha value is -4.23. The van der Waals surface area contributed by atoms with E-state index in [-0.39, 0.29) is 40.5 Å². The molecule has 0 saturated heterocycles. The Kier molecular flexibility index (Phi) is 5.99. The molecule has 1 aliphatic rings. The predicted octanol–water partition coefficient (Wildman–Crippen LogP) is 2.45. The predicted molar refractivity (Wildman–Crippen MR) is 107 cm³/mol. The van der Waals surface area contributed by atoms with Crippen LogP contribution < -0.4 is 4.74 Å². The van der Waals surface area contributed by atoms with Crippen molar-refractivity contribution in [2.75, 3.05) is 20.3 Å². The van der Waals surface area contributed by atoms with Gasteiger partial charge in [0.2, 0.25) is 0 Å². The van der Waals surface area contributed by atoms with Crippen LogP contribution in [0.5, 0.6) is 5.75 Å². The lowest BCUT2D eigenvalue weighted by atomic mass is 9.95. The Morgan fingerprint density at radius 2 is 2.03 bits per heavy atom. The summed E-state index contributed by atoms with van der Waals surface area (Å²) in [5.41, 5.74) is 0.274. The van der Waals surface area contributed by atoms with Crippen molar-refractivity contribution in [3.8, 4) is 23.1 Å². The van der Waals surface area contributed by atoms with Gasteiger partial charge < -0.3 is 14.3 Å². The number of nitro benzene ring substituents is 1. The van der Waals surface area contributed by atoms with Gasteiger partial charge in [-0.2, -0.15) is 5.26 Å². The number of carbonyl (C=O) groups is 2. The highest BCUT2D eigenvalue weighted by molar-refractivity contribution is 6.19. The van der Waals surface area contributed by atoms with Gasteiger partial charge in [0.05, 0.1) is 25.2 Å². The maximum atomic E-state index is 12.7. The number of aliphatic hydroxyl groups excluding tert-OH is 1. The van der Waals surface area contributed by atoms with E-state index < -0.39 is 23.3 Å². The molecule has 2 heterocycles. The van der Waals surface area contributed by atoms with Crippen molar-refractivity contribution < 1.29 is 28.8 Å². The smallest absolute Gasteiger partial charge is 0.311 e. The third-order valence-electron chi connectivity index (χ3n) is 4.72. The summed E-state index contributed by atoms with van der Waals surface area (Å²) in [6.07, 6.45) is 1.38. The number of hydrogen-bond donors (Lipinski definition) is 1. The Balaban J connectivity index is 2.03. The first kappa shape index (κ1) is 21.5. The third-order valence-corrected chi connectivity index (χ3v) is 4.72. The zero-order valence-corrected chi connectivity index (χ0v) is 16.6. The fraction of sp³-hybridized carbons (Fsp3) is 0.190. The van der Waals surface area contributed by atoms with Crippen molar-refractivity contribution in [2.24, 2.45) is 0 Å². The van der Waals surface area contributed by atoms with Crippen molar-refractivity contribution >= 4 is 23.6 Å². The highest BCUT2D eigenvalue weighted by Crippen LogP contribution is 2.34. The van der Waals surface area contributed by atoms with Gasteiger partial charge >= 0.3 is 5.69 Å². The number of nitro groups is 1. The second kappa shape index (κ2) is 8.64. The molecule has 0 radical (unpaired) electrons. The molecule has 0 aliphatic carbocycles. The van der Waals surface area contributed by atoms with Crippen molar-refractivity contribution in [1.29, 1.82) is 5.26 Å². The van der Waals surface area contributed by atoms with Gasteiger partial charge in [-0.25, -0.2) is 0 Å². The molecule has 1 aromatic heterocycles. The van der Waals surface area contributed by atoms with Crippen molar-refractivity contribution in [3.63, 3.8) is 0 Å². The van der Waals surface area contributed by atoms with Gasteiger partial charge in [0.1, 0.15) is 23.2 Å². The van der Waals surface area contributed by atoms with Crippen LogP contribution in [0.1, 0.15) is 12.7 Å². The van der Waals surface area contributed by atoms with E-state index in [0.717, 1.165) is 4.90 Å². The SMILES string of the molecule is COc1ccc(-c2ccc(/C=C3\C(=O)N(CCO)C(=O)C(C#N)=C3C)o2)cc1[N+](=O)[O-]. The Labute approximate surface area is 176 Å². The van der Waals surface area contributed by atoms with Gasteiger partial charge in [-0.05, 0) is 42.8 Å². The van der Waals surface area contributed by atoms with Gasteiger partial charge in [-0.1, -0.05) is 0 Å². The number of nitriles is 1. The minimum absolute atomic E-state index is 0.0752. The van der Waals surface area contributed by atoms with Crippen LogP contribution in [0.4, 0.5) is 5.69 Å². The number of benzene rings is 1. The molecule has 2 amide bonds. The number of aliphatic hydroxyl groups is 1. The number of rotatable bonds is 6. The average molecular weight is 423 g/mol. The first-order valence-corrected chi connectivity index (χ1v) is 9.05. The van der Waals surface area contributed by atoms with E-state index in [2.05, 4.69) is 0 Å². The second-order valence-electron chi connectivity index (χ2n) is 6.50. The average Bonchev–Trinajstić information content (AvgIpc) is 3.23. The van der Waals surface area contributed by atoms with E-state index in [4.69, 9.17) is 14.3 Å². The summed E-state index contributed by atoms with van der Waals surface area (Å²) in [6.45, 7) is 0.795. The molecule has 0 spiro atoms. The number of ether oxygens (including phenoxy) is 1. The molecular formula is C21H17N3O7. The molecule has 1 aliphatic heterocycles. The van der Waals surface area contributed by atoms with E-state index in [1.165, 1.54) is 32.2 Å². The quantitative estimate of drug-likeness (QED) is 0.322. The van der Waals surface area contributed by atoms with Crippen LogP contribution in [0.2, 0.25) is 0 Å². The number of carbonyl (C=O) groups excluding carboxylic acids is 2. The summed E-state index contributed by atoms with van der Waals surface area (Å²) in [4.78, 5) is 36.5. The van der Waals surface area contributed by atoms with E-state index in [9.17, 15) is 25.0 Å². The summed E-state index contributed by atoms with van der Waals surface area (Å²) in [5.74, 6) is -0.762. The number of imide groups is 1. The Morgan fingerprint density at radius 3 is 2.65 bits per heavy atom. The molecule has 0 atom stereocenters. The summed E-state index contributed by atoms with van der Waals surface area (Å²) < 4.78 is 10.7. The standard InChI is InChI=1S/C21H17N3O7/c1-12-15(20(26)23(7-8-25)21(27)16(12)11-22)10-14-4-6-18(31-14)13-3-5-19(30-2)17(9-13)24(28)29/h3-6,9-10,25H,7-8H2,1-2H3/b15-10-. The van der Waals surface area contributed by atoms with E-state index >= 15 is 0 Å². The van der Waals surface area contributed by atoms with Crippen LogP contribution in [0.15, 0.2) is 51.5 Å². The van der Waals surface area contributed by atoms with Crippen LogP contribution in [-0.2, 0) is 9.59 Å². The molecule has 0 saturated carbocycles. The summed E-state index contributed by atoms with van der Waals surface area (Å²) in [6, 6.07) is 9.27. The normalized spacial score (nSPS) is 15.4. The molecular weight excluding hydrogens is 406 g/mol. The fourth-order valence-electron chi connectivity index (χ4n) is 3.15. The van der Waals surface area contributed by atoms with Crippen molar-refractivity contribution in [1.82, 2.24) is 4.90 Å². The zero-order valence-electron chi connectivity index (χ0n) is 16.6. The maximum Gasteiger partial charge on any atom is 0.311 e. The minimum atomic E-state index is -0.762. The molecule has 0 unspecified atom stereocenters. The molecule has 1 N–H and O–H groups in total. The van der Waals surface area contributed by atoms with Crippen LogP contribution in [0, 0.1) is 21.4 Å². The van der Waals surface area contributed by atoms with Crippen LogP contribution >= 0.6 is 0 Å². The van der Waals surface area contributed by atoms with Crippen molar-refractivity contribution in [2.45, 2.75) is 6.92 Å². The van der Waals surface area contributed by atoms with Gasteiger partial charge in [0.25, 0.3) is 11.8 Å². The number of β-amino-alcohol motifs (C(OH)–C–C–N with tert-alkyl or cyclic N) is 1. The second-order valence-corrected chi connectivity index (χ2v) is 6.50. The molecule has 1 aromatic carbocycles. The summed E-state index contributed by atoms with van der Waals surface area (Å²) in [7, 11) is 1.33. The largest absolute Gasteiger partial charge is 0.490 e. The monoisotopic (exact) mass is 423 g/mol. The van der Waals surface area contributed by atoms with E-state index in [0.29, 0.717) is 11.3 Å². The van der Waals surface area contributed by atoms with Gasteiger partial charge in [0.15, 0.2) is 5.75 Å². The molecule has 158 valence electrons. The van der Waals surface area contributed by atoms with E-state index in [1.807, 2.05) is 0 Å². The Morgan fingerprint density at radius 1 is 1.29 bits per heavy atom. The highest BCUT2D eigenvalue weighted by Gasteiger charge is 2.35. The number of nitrogens with zero attached hydrogens (tertiary/aromatic N) is 3. The molecule has 2 aromatic rings. The summed E-state index contributed by atoms with van der Waals surface area (Å²) >= 11 is 0. The lowest BCUT2D eigenvalue weighted by Gasteiger charge is -2.26. The molecule has 10 nitrogen and oxygen atoms in total. The number of methoxy groups -OCH3 is 1. The maximum absolute atomic E-state index is 12.7. The Bertz CT molecular complexity index is 1180. The molecule has 31 heavy (non-hydrogen) atoms. The highest BCUT2D eigenvalue weighted by atomic mass is 16.6.